The Balaban J connectivity index is 0.972. The van der Waals surface area contributed by atoms with Crippen molar-refractivity contribution in [3.8, 4) is 55.6 Å². The highest BCUT2D eigenvalue weighted by Crippen LogP contribution is 2.58. The average Bonchev–Trinajstić information content (AvgIpc) is 3.92. The maximum Gasteiger partial charge on any atom is 0.0713 e. The highest BCUT2D eigenvalue weighted by molar-refractivity contribution is 5.99. The van der Waals surface area contributed by atoms with Crippen LogP contribution in [0.4, 0.5) is 17.1 Å². The van der Waals surface area contributed by atoms with Crippen molar-refractivity contribution in [2.75, 3.05) is 4.90 Å². The molecule has 0 heterocycles. The number of benzene rings is 10. The molecule has 10 aromatic carbocycles. The molecule has 0 aromatic heterocycles. The fourth-order valence-electron chi connectivity index (χ4n) is 12.6. The molecule has 0 saturated heterocycles. The lowest BCUT2D eigenvalue weighted by Gasteiger charge is -2.33. The first-order valence-electron chi connectivity index (χ1n) is 24.1. The van der Waals surface area contributed by atoms with Gasteiger partial charge in [-0.15, -0.1) is 0 Å². The van der Waals surface area contributed by atoms with Gasteiger partial charge in [0.2, 0.25) is 0 Å². The molecule has 68 heavy (non-hydrogen) atoms. The van der Waals surface area contributed by atoms with Gasteiger partial charge in [-0.25, -0.2) is 0 Å². The summed E-state index contributed by atoms with van der Waals surface area (Å²) in [6.07, 6.45) is 0. The van der Waals surface area contributed by atoms with Crippen molar-refractivity contribution in [3.05, 3.63) is 281 Å². The van der Waals surface area contributed by atoms with Gasteiger partial charge in [0, 0.05) is 27.8 Å². The molecule has 324 valence electrons. The van der Waals surface area contributed by atoms with Gasteiger partial charge in [0.25, 0.3) is 0 Å². The molecular weight excluding hydrogens is 819 g/mol. The smallest absolute Gasteiger partial charge is 0.0713 e. The number of nitrogens with zero attached hydrogens (tertiary/aromatic N) is 1. The average molecular weight is 870 g/mol. The monoisotopic (exact) mass is 869 g/mol. The van der Waals surface area contributed by atoms with Gasteiger partial charge in [-0.1, -0.05) is 228 Å². The molecule has 0 fully saturated rings. The van der Waals surface area contributed by atoms with Crippen molar-refractivity contribution in [2.45, 2.75) is 43.9 Å². The molecule has 0 spiro atoms. The van der Waals surface area contributed by atoms with Crippen LogP contribution in [0.3, 0.4) is 0 Å². The second-order valence-corrected chi connectivity index (χ2v) is 20.0. The molecular formula is C67H51N. The van der Waals surface area contributed by atoms with Crippen LogP contribution in [0.15, 0.2) is 237 Å². The molecule has 13 rings (SSSR count). The Morgan fingerprint density at radius 1 is 0.279 bits per heavy atom. The summed E-state index contributed by atoms with van der Waals surface area (Å²) in [5.41, 5.74) is 26.2. The Kier molecular flexibility index (Phi) is 8.89. The van der Waals surface area contributed by atoms with E-state index >= 15 is 0 Å². The molecule has 0 amide bonds. The lowest BCUT2D eigenvalue weighted by atomic mass is 9.67. The van der Waals surface area contributed by atoms with Gasteiger partial charge in [-0.05, 0) is 131 Å². The van der Waals surface area contributed by atoms with Crippen LogP contribution in [0.2, 0.25) is 0 Å². The Morgan fingerprint density at radius 3 is 1.44 bits per heavy atom. The summed E-state index contributed by atoms with van der Waals surface area (Å²) in [6, 6.07) is 88.6. The van der Waals surface area contributed by atoms with Crippen LogP contribution in [0.25, 0.3) is 55.6 Å². The van der Waals surface area contributed by atoms with E-state index in [1.807, 2.05) is 0 Å². The number of fused-ring (bicyclic) bond motifs is 9. The summed E-state index contributed by atoms with van der Waals surface area (Å²) in [4.78, 5) is 2.50. The normalized spacial score (nSPS) is 14.8. The summed E-state index contributed by atoms with van der Waals surface area (Å²) >= 11 is 0. The van der Waals surface area contributed by atoms with Crippen molar-refractivity contribution in [1.29, 1.82) is 0 Å². The predicted molar refractivity (Wildman–Crippen MR) is 284 cm³/mol. The topological polar surface area (TPSA) is 3.24 Å². The van der Waals surface area contributed by atoms with Gasteiger partial charge in [0.15, 0.2) is 0 Å². The molecule has 0 aliphatic heterocycles. The number of hydrogen-bond acceptors (Lipinski definition) is 1. The zero-order chi connectivity index (χ0) is 45.8. The van der Waals surface area contributed by atoms with Crippen molar-refractivity contribution < 1.29 is 0 Å². The Bertz CT molecular complexity index is 3570. The largest absolute Gasteiger partial charge is 0.310 e. The lowest BCUT2D eigenvalue weighted by molar-refractivity contribution is 0.660. The van der Waals surface area contributed by atoms with Crippen LogP contribution >= 0.6 is 0 Å². The van der Waals surface area contributed by atoms with Crippen LogP contribution in [0.5, 0.6) is 0 Å². The number of para-hydroxylation sites is 1. The Labute approximate surface area is 400 Å². The van der Waals surface area contributed by atoms with E-state index in [4.69, 9.17) is 0 Å². The Morgan fingerprint density at radius 2 is 0.750 bits per heavy atom. The van der Waals surface area contributed by atoms with Crippen molar-refractivity contribution in [1.82, 2.24) is 0 Å². The van der Waals surface area contributed by atoms with Crippen molar-refractivity contribution in [2.24, 2.45) is 0 Å². The van der Waals surface area contributed by atoms with Gasteiger partial charge < -0.3 is 4.90 Å². The first-order chi connectivity index (χ1) is 33.3. The van der Waals surface area contributed by atoms with Gasteiger partial charge in [0.1, 0.15) is 0 Å². The van der Waals surface area contributed by atoms with Gasteiger partial charge >= 0.3 is 0 Å². The van der Waals surface area contributed by atoms with E-state index in [0.717, 1.165) is 17.1 Å². The summed E-state index contributed by atoms with van der Waals surface area (Å²) in [6.45, 7) is 9.49. The molecule has 10 aromatic rings. The molecule has 1 nitrogen and oxygen atoms in total. The minimum atomic E-state index is -0.423. The standard InChI is InChI=1S/C67H51N/c1-65(2)58-30-16-13-27-55(58)64-54(28-19-32-61(64)65)53-26-14-18-33-63(53)68(49-39-40-52-50-24-11-15-29-57(50)66(3,4)62(52)43-49)48-37-34-44(35-38-48)45-36-41-60-56(42-45)51-25-12-17-31-59(51)67(60,46-20-7-5-8-21-46)47-22-9-6-10-23-47/h5-43H,1-4H3. The second kappa shape index (κ2) is 15.0. The molecule has 0 saturated carbocycles. The van der Waals surface area contributed by atoms with E-state index in [1.165, 1.54) is 100 Å². The second-order valence-electron chi connectivity index (χ2n) is 20.0. The minimum Gasteiger partial charge on any atom is -0.310 e. The zero-order valence-corrected chi connectivity index (χ0v) is 39.0. The minimum absolute atomic E-state index is 0.100. The first kappa shape index (κ1) is 40.3. The predicted octanol–water partition coefficient (Wildman–Crippen LogP) is 17.5. The van der Waals surface area contributed by atoms with E-state index in [2.05, 4.69) is 269 Å². The van der Waals surface area contributed by atoms with E-state index in [1.54, 1.807) is 0 Å². The number of hydrogen-bond donors (Lipinski definition) is 0. The lowest BCUT2D eigenvalue weighted by Crippen LogP contribution is -2.28. The van der Waals surface area contributed by atoms with Crippen molar-refractivity contribution in [3.63, 3.8) is 0 Å². The van der Waals surface area contributed by atoms with Gasteiger partial charge in [-0.3, -0.25) is 0 Å². The highest BCUT2D eigenvalue weighted by Gasteiger charge is 2.46. The quantitative estimate of drug-likeness (QED) is 0.154. The van der Waals surface area contributed by atoms with Crippen molar-refractivity contribution >= 4 is 17.1 Å². The molecule has 0 unspecified atom stereocenters. The van der Waals surface area contributed by atoms with Crippen LogP contribution in [0.1, 0.15) is 72.2 Å². The van der Waals surface area contributed by atoms with E-state index in [9.17, 15) is 0 Å². The molecule has 0 N–H and O–H groups in total. The molecule has 3 aliphatic rings. The fourth-order valence-corrected chi connectivity index (χ4v) is 12.6. The molecule has 3 aliphatic carbocycles. The maximum absolute atomic E-state index is 2.50. The summed E-state index contributed by atoms with van der Waals surface area (Å²) < 4.78 is 0. The summed E-state index contributed by atoms with van der Waals surface area (Å²) in [5.74, 6) is 0. The molecule has 0 bridgehead atoms. The molecule has 0 radical (unpaired) electrons. The molecule has 1 heteroatoms. The van der Waals surface area contributed by atoms with Crippen LogP contribution < -0.4 is 4.90 Å². The van der Waals surface area contributed by atoms with Gasteiger partial charge in [-0.2, -0.15) is 0 Å². The van der Waals surface area contributed by atoms with Crippen LogP contribution in [-0.4, -0.2) is 0 Å². The van der Waals surface area contributed by atoms with Gasteiger partial charge in [0.05, 0.1) is 11.1 Å². The van der Waals surface area contributed by atoms with Crippen LogP contribution in [0, 0.1) is 0 Å². The number of anilines is 3. The molecule has 0 atom stereocenters. The van der Waals surface area contributed by atoms with E-state index in [0.29, 0.717) is 0 Å². The SMILES string of the molecule is CC1(C)c2ccccc2-c2ccc(N(c3ccc(-c4ccc5c(c4)-c4ccccc4C5(c4ccccc4)c4ccccc4)cc3)c3ccccc3-c3cccc4c3-c3ccccc3C4(C)C)cc21. The third kappa shape index (κ3) is 5.69. The van der Waals surface area contributed by atoms with Crippen LogP contribution in [-0.2, 0) is 16.2 Å². The van der Waals surface area contributed by atoms with E-state index in [-0.39, 0.29) is 10.8 Å². The Hall–Kier alpha value is -8.00. The maximum atomic E-state index is 2.50. The third-order valence-electron chi connectivity index (χ3n) is 15.8. The zero-order valence-electron chi connectivity index (χ0n) is 39.0. The fraction of sp³-hybridized carbons (Fsp3) is 0.104. The van der Waals surface area contributed by atoms with E-state index < -0.39 is 5.41 Å². The highest BCUT2D eigenvalue weighted by atomic mass is 15.1. The third-order valence-corrected chi connectivity index (χ3v) is 15.8. The number of rotatable bonds is 7. The first-order valence-corrected chi connectivity index (χ1v) is 24.1. The summed E-state index contributed by atoms with van der Waals surface area (Å²) in [5, 5.41) is 0. The summed E-state index contributed by atoms with van der Waals surface area (Å²) in [7, 11) is 0.